The first-order valence-electron chi connectivity index (χ1n) is 16.1. The highest BCUT2D eigenvalue weighted by molar-refractivity contribution is 6.17. The monoisotopic (exact) mass is 603 g/mol. The molecule has 0 radical (unpaired) electrons. The zero-order valence-electron chi connectivity index (χ0n) is 26.0. The molecule has 6 aromatic carbocycles. The maximum absolute atomic E-state index is 6.50. The molecule has 0 bridgehead atoms. The van der Waals surface area contributed by atoms with Gasteiger partial charge in [0.05, 0.1) is 22.4 Å². The maximum Gasteiger partial charge on any atom is 0.161 e. The first kappa shape index (κ1) is 26.2. The van der Waals surface area contributed by atoms with Crippen LogP contribution >= 0.6 is 0 Å². The molecule has 4 nitrogen and oxygen atoms in total. The van der Waals surface area contributed by atoms with E-state index in [0.29, 0.717) is 0 Å². The third-order valence-corrected chi connectivity index (χ3v) is 9.99. The number of aromatic nitrogens is 3. The van der Waals surface area contributed by atoms with Crippen LogP contribution in [0.1, 0.15) is 25.0 Å². The Labute approximate surface area is 271 Å². The molecular formula is C43H29N3O. The standard InChI is InChI=1S/C43H29N3O/c1-43(2)33-19-11-18-32-39(33)46(40-31-17-7-9-21-37(31)47-41(32)40)36-23-22-29(25-34(36)43)42-44-35-20-8-6-16-30(35)38(45-42)28-15-10-14-27(24-28)26-12-4-3-5-13-26/h3-25H,1-2H3. The number of benzene rings is 6. The van der Waals surface area contributed by atoms with Crippen LogP contribution in [0.15, 0.2) is 144 Å². The van der Waals surface area contributed by atoms with Crippen molar-refractivity contribution >= 4 is 43.9 Å². The van der Waals surface area contributed by atoms with Crippen molar-refractivity contribution in [2.24, 2.45) is 0 Å². The molecule has 0 saturated heterocycles. The second-order valence-corrected chi connectivity index (χ2v) is 13.0. The van der Waals surface area contributed by atoms with E-state index in [4.69, 9.17) is 14.4 Å². The Morgan fingerprint density at radius 2 is 1.26 bits per heavy atom. The van der Waals surface area contributed by atoms with Crippen LogP contribution in [-0.2, 0) is 5.41 Å². The lowest BCUT2D eigenvalue weighted by Crippen LogP contribution is -2.26. The SMILES string of the molecule is CC1(C)c2cc(-c3nc(-c4cccc(-c5ccccc5)c4)c4ccccc4n3)ccc2-n2c3c1cccc3c1oc3ccccc3c12. The van der Waals surface area contributed by atoms with Crippen LogP contribution in [0.2, 0.25) is 0 Å². The van der Waals surface area contributed by atoms with Crippen molar-refractivity contribution in [2.45, 2.75) is 19.3 Å². The highest BCUT2D eigenvalue weighted by atomic mass is 16.3. The van der Waals surface area contributed by atoms with E-state index in [1.807, 2.05) is 12.1 Å². The summed E-state index contributed by atoms with van der Waals surface area (Å²) >= 11 is 0. The lowest BCUT2D eigenvalue weighted by atomic mass is 9.74. The molecule has 0 N–H and O–H groups in total. The summed E-state index contributed by atoms with van der Waals surface area (Å²) in [4.78, 5) is 10.4. The van der Waals surface area contributed by atoms with Gasteiger partial charge in [-0.2, -0.15) is 0 Å². The summed E-state index contributed by atoms with van der Waals surface area (Å²) in [6.45, 7) is 4.64. The van der Waals surface area contributed by atoms with Gasteiger partial charge in [0, 0.05) is 32.7 Å². The van der Waals surface area contributed by atoms with Crippen molar-refractivity contribution in [3.8, 4) is 39.5 Å². The Morgan fingerprint density at radius 3 is 2.15 bits per heavy atom. The number of para-hydroxylation sites is 3. The van der Waals surface area contributed by atoms with Crippen LogP contribution in [0.5, 0.6) is 0 Å². The molecule has 0 unspecified atom stereocenters. The molecule has 0 aliphatic carbocycles. The average molecular weight is 604 g/mol. The normalized spacial score (nSPS) is 13.5. The smallest absolute Gasteiger partial charge is 0.161 e. The van der Waals surface area contributed by atoms with Crippen molar-refractivity contribution in [3.63, 3.8) is 0 Å². The van der Waals surface area contributed by atoms with Gasteiger partial charge >= 0.3 is 0 Å². The fraction of sp³-hybridized carbons (Fsp3) is 0.0698. The Bertz CT molecular complexity index is 2710. The molecule has 1 aliphatic rings. The summed E-state index contributed by atoms with van der Waals surface area (Å²) in [6, 6.07) is 49.2. The van der Waals surface area contributed by atoms with E-state index in [0.717, 1.165) is 66.6 Å². The molecule has 1 aliphatic heterocycles. The number of hydrogen-bond donors (Lipinski definition) is 0. The number of fused-ring (bicyclic) bond motifs is 8. The molecule has 0 saturated carbocycles. The minimum Gasteiger partial charge on any atom is -0.454 e. The van der Waals surface area contributed by atoms with Gasteiger partial charge in [0.25, 0.3) is 0 Å². The Kier molecular flexibility index (Phi) is 5.31. The number of rotatable bonds is 3. The van der Waals surface area contributed by atoms with Crippen molar-refractivity contribution < 1.29 is 4.42 Å². The van der Waals surface area contributed by atoms with Gasteiger partial charge in [-0.3, -0.25) is 0 Å². The van der Waals surface area contributed by atoms with Crippen LogP contribution in [0.25, 0.3) is 83.3 Å². The van der Waals surface area contributed by atoms with Gasteiger partial charge in [-0.1, -0.05) is 105 Å². The fourth-order valence-corrected chi connectivity index (χ4v) is 7.68. The molecular weight excluding hydrogens is 574 g/mol. The maximum atomic E-state index is 6.50. The van der Waals surface area contributed by atoms with Crippen molar-refractivity contribution in [1.29, 1.82) is 0 Å². The zero-order valence-corrected chi connectivity index (χ0v) is 26.0. The molecule has 0 amide bonds. The topological polar surface area (TPSA) is 43.9 Å². The lowest BCUT2D eigenvalue weighted by molar-refractivity contribution is 0.630. The molecule has 4 heteroatoms. The van der Waals surface area contributed by atoms with Crippen molar-refractivity contribution in [3.05, 3.63) is 151 Å². The van der Waals surface area contributed by atoms with Gasteiger partial charge in [-0.05, 0) is 70.8 Å². The van der Waals surface area contributed by atoms with Crippen LogP contribution in [0, 0.1) is 0 Å². The number of nitrogens with zero attached hydrogens (tertiary/aromatic N) is 3. The zero-order chi connectivity index (χ0) is 31.3. The van der Waals surface area contributed by atoms with E-state index in [1.54, 1.807) is 0 Å². The van der Waals surface area contributed by atoms with Gasteiger partial charge in [0.15, 0.2) is 11.4 Å². The highest BCUT2D eigenvalue weighted by Gasteiger charge is 2.36. The van der Waals surface area contributed by atoms with Crippen LogP contribution < -0.4 is 0 Å². The molecule has 0 fully saturated rings. The van der Waals surface area contributed by atoms with E-state index in [1.165, 1.54) is 27.9 Å². The van der Waals surface area contributed by atoms with Crippen LogP contribution in [0.3, 0.4) is 0 Å². The largest absolute Gasteiger partial charge is 0.454 e. The molecule has 9 aromatic rings. The summed E-state index contributed by atoms with van der Waals surface area (Å²) in [5.41, 5.74) is 13.9. The third-order valence-electron chi connectivity index (χ3n) is 9.99. The summed E-state index contributed by atoms with van der Waals surface area (Å²) in [5, 5.41) is 3.31. The first-order valence-corrected chi connectivity index (χ1v) is 16.1. The third kappa shape index (κ3) is 3.70. The predicted octanol–water partition coefficient (Wildman–Crippen LogP) is 11.1. The van der Waals surface area contributed by atoms with Crippen LogP contribution in [0.4, 0.5) is 0 Å². The quantitative estimate of drug-likeness (QED) is 0.202. The molecule has 47 heavy (non-hydrogen) atoms. The lowest BCUT2D eigenvalue weighted by Gasteiger charge is -2.35. The summed E-state index contributed by atoms with van der Waals surface area (Å²) < 4.78 is 8.91. The number of hydrogen-bond acceptors (Lipinski definition) is 3. The predicted molar refractivity (Wildman–Crippen MR) is 192 cm³/mol. The summed E-state index contributed by atoms with van der Waals surface area (Å²) in [7, 11) is 0. The van der Waals surface area contributed by atoms with E-state index in [-0.39, 0.29) is 5.41 Å². The van der Waals surface area contributed by atoms with E-state index in [9.17, 15) is 0 Å². The second kappa shape index (κ2) is 9.51. The van der Waals surface area contributed by atoms with Crippen LogP contribution in [-0.4, -0.2) is 14.5 Å². The average Bonchev–Trinajstić information content (AvgIpc) is 3.66. The molecule has 10 rings (SSSR count). The van der Waals surface area contributed by atoms with Gasteiger partial charge in [0.1, 0.15) is 11.1 Å². The number of furan rings is 1. The minimum atomic E-state index is -0.254. The van der Waals surface area contributed by atoms with E-state index >= 15 is 0 Å². The van der Waals surface area contributed by atoms with Crippen molar-refractivity contribution in [2.75, 3.05) is 0 Å². The first-order chi connectivity index (χ1) is 23.1. The molecule has 0 atom stereocenters. The van der Waals surface area contributed by atoms with Gasteiger partial charge in [-0.15, -0.1) is 0 Å². The summed E-state index contributed by atoms with van der Waals surface area (Å²) in [6.07, 6.45) is 0. The second-order valence-electron chi connectivity index (χ2n) is 13.0. The summed E-state index contributed by atoms with van der Waals surface area (Å²) in [5.74, 6) is 0.720. The van der Waals surface area contributed by atoms with E-state index < -0.39 is 0 Å². The fourth-order valence-electron chi connectivity index (χ4n) is 7.68. The minimum absolute atomic E-state index is 0.254. The molecule has 222 valence electrons. The molecule has 0 spiro atoms. The van der Waals surface area contributed by atoms with Gasteiger partial charge < -0.3 is 8.98 Å². The Hall–Kier alpha value is -6.00. The van der Waals surface area contributed by atoms with Gasteiger partial charge in [-0.25, -0.2) is 9.97 Å². The Balaban J connectivity index is 1.20. The van der Waals surface area contributed by atoms with Gasteiger partial charge in [0.2, 0.25) is 0 Å². The molecule has 3 aromatic heterocycles. The molecule has 4 heterocycles. The highest BCUT2D eigenvalue weighted by Crippen LogP contribution is 2.50. The van der Waals surface area contributed by atoms with Crippen molar-refractivity contribution in [1.82, 2.24) is 14.5 Å². The Morgan fingerprint density at radius 1 is 0.532 bits per heavy atom. The van der Waals surface area contributed by atoms with E-state index in [2.05, 4.69) is 146 Å².